The second kappa shape index (κ2) is 13.9. The maximum absolute atomic E-state index is 5.54. The van der Waals surface area contributed by atoms with Crippen molar-refractivity contribution in [3.8, 4) is 0 Å². The summed E-state index contributed by atoms with van der Waals surface area (Å²) in [7, 11) is 0. The van der Waals surface area contributed by atoms with Gasteiger partial charge in [-0.25, -0.2) is 0 Å². The molecule has 0 amide bonds. The number of hydrogen-bond donors (Lipinski definition) is 1. The number of ether oxygens (including phenoxy) is 1. The van der Waals surface area contributed by atoms with Crippen LogP contribution in [0.5, 0.6) is 0 Å². The third kappa shape index (κ3) is 9.13. The number of halogens is 1. The number of unbranched alkanes of at least 4 members (excludes halogenated alkanes) is 1. The van der Waals surface area contributed by atoms with Gasteiger partial charge in [-0.05, 0) is 45.1 Å². The maximum atomic E-state index is 5.54. The first-order chi connectivity index (χ1) is 9.81. The fraction of sp³-hybridized carbons (Fsp3) is 0.933. The number of rotatable bonds is 9. The maximum Gasteiger partial charge on any atom is 0.193 e. The van der Waals surface area contributed by atoms with Gasteiger partial charge in [-0.15, -0.1) is 24.0 Å². The van der Waals surface area contributed by atoms with E-state index >= 15 is 0 Å². The second-order valence-electron chi connectivity index (χ2n) is 5.20. The lowest BCUT2D eigenvalue weighted by Crippen LogP contribution is -2.40. The van der Waals surface area contributed by atoms with Crippen LogP contribution in [0.15, 0.2) is 4.99 Å². The molecule has 0 aromatic rings. The molecule has 0 aromatic heterocycles. The number of aliphatic imine (C=N–C) groups is 1. The van der Waals surface area contributed by atoms with Gasteiger partial charge in [0.2, 0.25) is 0 Å². The van der Waals surface area contributed by atoms with Gasteiger partial charge in [0.05, 0.1) is 6.61 Å². The molecule has 126 valence electrons. The number of likely N-dealkylation sites (tertiary alicyclic amines) is 1. The first-order valence-corrected chi connectivity index (χ1v) is 9.31. The molecule has 0 aliphatic carbocycles. The summed E-state index contributed by atoms with van der Waals surface area (Å²) in [6.45, 7) is 9.97. The van der Waals surface area contributed by atoms with E-state index in [1.807, 2.05) is 11.8 Å². The Bertz CT molecular complexity index is 280. The zero-order valence-electron chi connectivity index (χ0n) is 13.8. The second-order valence-corrected chi connectivity index (χ2v) is 6.18. The Balaban J connectivity index is 0.00000400. The quantitative estimate of drug-likeness (QED) is 0.265. The predicted octanol–water partition coefficient (Wildman–Crippen LogP) is 3.07. The highest BCUT2D eigenvalue weighted by Crippen LogP contribution is 2.16. The van der Waals surface area contributed by atoms with Crippen LogP contribution < -0.4 is 5.32 Å². The molecule has 21 heavy (non-hydrogen) atoms. The third-order valence-corrected chi connectivity index (χ3v) is 4.19. The zero-order chi connectivity index (χ0) is 14.6. The number of hydrogen-bond acceptors (Lipinski definition) is 3. The van der Waals surface area contributed by atoms with Crippen LogP contribution in [-0.4, -0.2) is 62.3 Å². The molecule has 0 spiro atoms. The Labute approximate surface area is 151 Å². The molecule has 0 aromatic carbocycles. The summed E-state index contributed by atoms with van der Waals surface area (Å²) in [5, 5.41) is 3.42. The number of guanidine groups is 1. The van der Waals surface area contributed by atoms with Gasteiger partial charge in [-0.1, -0.05) is 0 Å². The molecule has 1 heterocycles. The van der Waals surface area contributed by atoms with Crippen molar-refractivity contribution in [1.29, 1.82) is 0 Å². The number of nitrogens with zero attached hydrogens (tertiary/aromatic N) is 2. The highest BCUT2D eigenvalue weighted by molar-refractivity contribution is 14.0. The van der Waals surface area contributed by atoms with Gasteiger partial charge in [-0.2, -0.15) is 11.8 Å². The van der Waals surface area contributed by atoms with Crippen LogP contribution in [0.25, 0.3) is 0 Å². The average Bonchev–Trinajstić information content (AvgIpc) is 2.92. The molecule has 0 bridgehead atoms. The lowest BCUT2D eigenvalue weighted by molar-refractivity contribution is 0.114. The molecule has 1 fully saturated rings. The molecule has 1 N–H and O–H groups in total. The van der Waals surface area contributed by atoms with Crippen LogP contribution in [-0.2, 0) is 4.74 Å². The highest BCUT2D eigenvalue weighted by atomic mass is 127. The molecule has 4 nitrogen and oxygen atoms in total. The summed E-state index contributed by atoms with van der Waals surface area (Å²) in [6.07, 6.45) is 5.83. The van der Waals surface area contributed by atoms with Crippen LogP contribution in [0.3, 0.4) is 0 Å². The van der Waals surface area contributed by atoms with Gasteiger partial charge in [0.1, 0.15) is 0 Å². The Morgan fingerprint density at radius 2 is 2.19 bits per heavy atom. The molecular weight excluding hydrogens is 397 g/mol. The van der Waals surface area contributed by atoms with Gasteiger partial charge < -0.3 is 15.0 Å². The van der Waals surface area contributed by atoms with E-state index in [1.54, 1.807) is 0 Å². The summed E-state index contributed by atoms with van der Waals surface area (Å²) in [4.78, 5) is 7.15. The van der Waals surface area contributed by atoms with Crippen molar-refractivity contribution in [3.05, 3.63) is 0 Å². The lowest BCUT2D eigenvalue weighted by atomic mass is 10.1. The largest absolute Gasteiger partial charge is 0.381 e. The minimum absolute atomic E-state index is 0. The van der Waals surface area contributed by atoms with Crippen LogP contribution in [0.2, 0.25) is 0 Å². The first kappa shape index (κ1) is 21.3. The summed E-state index contributed by atoms with van der Waals surface area (Å²) in [6, 6.07) is 0. The minimum Gasteiger partial charge on any atom is -0.381 e. The topological polar surface area (TPSA) is 36.9 Å². The number of nitrogens with one attached hydrogen (secondary N) is 1. The van der Waals surface area contributed by atoms with Crippen molar-refractivity contribution in [1.82, 2.24) is 10.2 Å². The van der Waals surface area contributed by atoms with Crippen LogP contribution in [0.4, 0.5) is 0 Å². The fourth-order valence-electron chi connectivity index (χ4n) is 2.41. The van der Waals surface area contributed by atoms with Crippen LogP contribution in [0.1, 0.15) is 33.1 Å². The molecule has 6 heteroatoms. The van der Waals surface area contributed by atoms with E-state index in [2.05, 4.69) is 30.3 Å². The van der Waals surface area contributed by atoms with E-state index in [-0.39, 0.29) is 24.0 Å². The monoisotopic (exact) mass is 429 g/mol. The van der Waals surface area contributed by atoms with E-state index in [0.717, 1.165) is 45.4 Å². The number of thioether (sulfide) groups is 1. The molecule has 1 aliphatic heterocycles. The predicted molar refractivity (Wildman–Crippen MR) is 105 cm³/mol. The lowest BCUT2D eigenvalue weighted by Gasteiger charge is -2.21. The standard InChI is InChI=1S/C15H31N3OS.HI/c1-4-16-15(17-9-6-7-11-20-3)18-10-8-14(12-18)13-19-5-2;/h14H,4-13H2,1-3H3,(H,16,17);1H. The van der Waals surface area contributed by atoms with E-state index < -0.39 is 0 Å². The van der Waals surface area contributed by atoms with Gasteiger partial charge in [0.25, 0.3) is 0 Å². The molecular formula is C15H32IN3OS. The molecule has 1 rings (SSSR count). The summed E-state index contributed by atoms with van der Waals surface area (Å²) >= 11 is 1.92. The smallest absolute Gasteiger partial charge is 0.193 e. The third-order valence-electron chi connectivity index (χ3n) is 3.50. The van der Waals surface area contributed by atoms with Crippen LogP contribution in [0, 0.1) is 5.92 Å². The van der Waals surface area contributed by atoms with Gasteiger partial charge >= 0.3 is 0 Å². The minimum atomic E-state index is 0. The summed E-state index contributed by atoms with van der Waals surface area (Å²) in [5.74, 6) is 3.00. The Kier molecular flexibility index (Phi) is 14.1. The van der Waals surface area contributed by atoms with E-state index in [0.29, 0.717) is 5.92 Å². The molecule has 0 saturated carbocycles. The zero-order valence-corrected chi connectivity index (χ0v) is 16.9. The van der Waals surface area contributed by atoms with Crippen molar-refractivity contribution in [2.75, 3.05) is 51.4 Å². The highest BCUT2D eigenvalue weighted by Gasteiger charge is 2.24. The summed E-state index contributed by atoms with van der Waals surface area (Å²) < 4.78 is 5.54. The van der Waals surface area contributed by atoms with Crippen molar-refractivity contribution in [2.45, 2.75) is 33.1 Å². The average molecular weight is 429 g/mol. The van der Waals surface area contributed by atoms with Gasteiger partial charge in [0.15, 0.2) is 5.96 Å². The van der Waals surface area contributed by atoms with E-state index in [1.165, 1.54) is 25.0 Å². The van der Waals surface area contributed by atoms with E-state index in [9.17, 15) is 0 Å². The van der Waals surface area contributed by atoms with Crippen LogP contribution >= 0.6 is 35.7 Å². The first-order valence-electron chi connectivity index (χ1n) is 7.91. The molecule has 1 aliphatic rings. The molecule has 1 saturated heterocycles. The summed E-state index contributed by atoms with van der Waals surface area (Å²) in [5.41, 5.74) is 0. The molecule has 0 radical (unpaired) electrons. The molecule has 1 unspecified atom stereocenters. The van der Waals surface area contributed by atoms with Gasteiger partial charge in [-0.3, -0.25) is 4.99 Å². The fourth-order valence-corrected chi connectivity index (χ4v) is 2.91. The van der Waals surface area contributed by atoms with Crippen molar-refractivity contribution >= 4 is 41.7 Å². The van der Waals surface area contributed by atoms with Crippen molar-refractivity contribution in [3.63, 3.8) is 0 Å². The molecule has 1 atom stereocenters. The Hall–Kier alpha value is 0.310. The van der Waals surface area contributed by atoms with Crippen molar-refractivity contribution < 1.29 is 4.74 Å². The van der Waals surface area contributed by atoms with Crippen molar-refractivity contribution in [2.24, 2.45) is 10.9 Å². The Morgan fingerprint density at radius 1 is 1.38 bits per heavy atom. The van der Waals surface area contributed by atoms with E-state index in [4.69, 9.17) is 9.73 Å². The SMILES string of the molecule is CCNC(=NCCCCSC)N1CCC(COCC)C1.I. The van der Waals surface area contributed by atoms with Gasteiger partial charge in [0, 0.05) is 38.7 Å². The Morgan fingerprint density at radius 3 is 2.86 bits per heavy atom. The normalized spacial score (nSPS) is 18.7.